The second-order valence-electron chi connectivity index (χ2n) is 9.83. The maximum atomic E-state index is 11.9. The number of carbonyl (C=O) groups is 1. The van der Waals surface area contributed by atoms with Gasteiger partial charge in [0.25, 0.3) is 0 Å². The number of morpholine rings is 1. The van der Waals surface area contributed by atoms with E-state index >= 15 is 0 Å². The van der Waals surface area contributed by atoms with Crippen LogP contribution in [0.5, 0.6) is 0 Å². The van der Waals surface area contributed by atoms with Gasteiger partial charge in [0.05, 0.1) is 43.7 Å². The molecule has 2 aliphatic heterocycles. The number of hydrogen-bond acceptors (Lipinski definition) is 6. The molecule has 1 N–H and O–H groups in total. The van der Waals surface area contributed by atoms with Crippen LogP contribution in [0.15, 0.2) is 54.7 Å². The molecule has 4 heterocycles. The summed E-state index contributed by atoms with van der Waals surface area (Å²) in [4.78, 5) is 21.4. The predicted octanol–water partition coefficient (Wildman–Crippen LogP) is 3.97. The van der Waals surface area contributed by atoms with Crippen LogP contribution in [0.3, 0.4) is 0 Å². The fourth-order valence-corrected chi connectivity index (χ4v) is 5.95. The van der Waals surface area contributed by atoms with Gasteiger partial charge in [-0.3, -0.25) is 9.88 Å². The fraction of sp³-hybridized carbons (Fsp3) is 0.414. The Morgan fingerprint density at radius 2 is 1.89 bits per heavy atom. The van der Waals surface area contributed by atoms with Gasteiger partial charge in [-0.1, -0.05) is 6.07 Å². The quantitative estimate of drug-likeness (QED) is 0.345. The molecule has 0 unspecified atom stereocenters. The van der Waals surface area contributed by atoms with Crippen molar-refractivity contribution in [3.63, 3.8) is 0 Å². The van der Waals surface area contributed by atoms with E-state index in [-0.39, 0.29) is 18.1 Å². The smallest absolute Gasteiger partial charge is 0.337 e. The number of aryl methyl sites for hydroxylation is 1. The summed E-state index contributed by atoms with van der Waals surface area (Å²) in [6.45, 7) is 9.73. The monoisotopic (exact) mass is 533 g/mol. The Labute approximate surface area is 229 Å². The molecule has 9 heteroatoms. The number of methoxy groups -OCH3 is 1. The lowest BCUT2D eigenvalue weighted by molar-refractivity contribution is 0.0365. The van der Waals surface area contributed by atoms with Crippen molar-refractivity contribution in [3.05, 3.63) is 82.9 Å². The van der Waals surface area contributed by atoms with Gasteiger partial charge in [-0.25, -0.2) is 4.79 Å². The number of nitrogens with zero attached hydrogens (tertiary/aromatic N) is 4. The van der Waals surface area contributed by atoms with E-state index < -0.39 is 0 Å². The average Bonchev–Trinajstić information content (AvgIpc) is 3.43. The summed E-state index contributed by atoms with van der Waals surface area (Å²) in [7, 11) is 1.40. The van der Waals surface area contributed by atoms with E-state index in [1.807, 2.05) is 30.5 Å². The first-order valence-corrected chi connectivity index (χ1v) is 13.5. The number of aromatic nitrogens is 2. The highest BCUT2D eigenvalue weighted by Gasteiger charge is 2.41. The van der Waals surface area contributed by atoms with Gasteiger partial charge < -0.3 is 24.3 Å². The summed E-state index contributed by atoms with van der Waals surface area (Å²) >= 11 is 5.89. The van der Waals surface area contributed by atoms with Crippen molar-refractivity contribution in [1.29, 1.82) is 0 Å². The van der Waals surface area contributed by atoms with E-state index in [1.54, 1.807) is 12.1 Å². The Morgan fingerprint density at radius 3 is 2.58 bits per heavy atom. The minimum Gasteiger partial charge on any atom is -0.465 e. The number of rotatable bonds is 8. The van der Waals surface area contributed by atoms with Crippen molar-refractivity contribution in [2.45, 2.75) is 32.4 Å². The molecule has 0 amide bonds. The summed E-state index contributed by atoms with van der Waals surface area (Å²) in [5.41, 5.74) is 5.99. The molecule has 2 atom stereocenters. The summed E-state index contributed by atoms with van der Waals surface area (Å²) < 4.78 is 12.6. The summed E-state index contributed by atoms with van der Waals surface area (Å²) in [6, 6.07) is 15.8. The first-order valence-electron chi connectivity index (χ1n) is 13.1. The van der Waals surface area contributed by atoms with Gasteiger partial charge in [0, 0.05) is 49.5 Å². The summed E-state index contributed by atoms with van der Waals surface area (Å²) in [6.07, 6.45) is 2.85. The second kappa shape index (κ2) is 11.6. The number of benzene rings is 1. The number of carbonyl (C=O) groups excluding carboxylic acids is 1. The molecule has 0 bridgehead atoms. The van der Waals surface area contributed by atoms with Crippen molar-refractivity contribution < 1.29 is 14.3 Å². The van der Waals surface area contributed by atoms with Crippen LogP contribution in [0.4, 0.5) is 0 Å². The van der Waals surface area contributed by atoms with Gasteiger partial charge in [0.15, 0.2) is 5.11 Å². The van der Waals surface area contributed by atoms with Gasteiger partial charge in [-0.15, -0.1) is 0 Å². The summed E-state index contributed by atoms with van der Waals surface area (Å²) in [5, 5.41) is 4.34. The Morgan fingerprint density at radius 1 is 1.13 bits per heavy atom. The molecule has 38 heavy (non-hydrogen) atoms. The third-order valence-electron chi connectivity index (χ3n) is 7.51. The second-order valence-corrected chi connectivity index (χ2v) is 10.2. The number of thiocarbonyl (C=S) groups is 1. The maximum absolute atomic E-state index is 11.9. The largest absolute Gasteiger partial charge is 0.465 e. The van der Waals surface area contributed by atoms with Crippen LogP contribution in [-0.2, 0) is 9.47 Å². The van der Waals surface area contributed by atoms with Crippen LogP contribution < -0.4 is 5.32 Å². The van der Waals surface area contributed by atoms with E-state index in [2.05, 4.69) is 50.6 Å². The molecule has 2 aromatic heterocycles. The van der Waals surface area contributed by atoms with Crippen molar-refractivity contribution in [2.75, 3.05) is 46.5 Å². The molecule has 1 aromatic carbocycles. The lowest BCUT2D eigenvalue weighted by Crippen LogP contribution is -2.39. The zero-order valence-electron chi connectivity index (χ0n) is 22.2. The van der Waals surface area contributed by atoms with Crippen molar-refractivity contribution >= 4 is 23.3 Å². The normalized spacial score (nSPS) is 20.0. The lowest BCUT2D eigenvalue weighted by atomic mass is 9.96. The van der Waals surface area contributed by atoms with Crippen molar-refractivity contribution in [2.24, 2.45) is 0 Å². The minimum atomic E-state index is -0.338. The van der Waals surface area contributed by atoms with E-state index in [0.717, 1.165) is 73.7 Å². The first-order chi connectivity index (χ1) is 18.5. The lowest BCUT2D eigenvalue weighted by Gasteiger charge is -2.30. The third-order valence-corrected chi connectivity index (χ3v) is 7.86. The zero-order valence-corrected chi connectivity index (χ0v) is 23.0. The van der Waals surface area contributed by atoms with E-state index in [4.69, 9.17) is 21.7 Å². The van der Waals surface area contributed by atoms with Crippen LogP contribution in [-0.4, -0.2) is 76.9 Å². The highest BCUT2D eigenvalue weighted by molar-refractivity contribution is 7.80. The molecule has 0 saturated carbocycles. The number of hydrogen-bond donors (Lipinski definition) is 1. The molecule has 0 spiro atoms. The summed E-state index contributed by atoms with van der Waals surface area (Å²) in [5.74, 6) is -0.338. The Balaban J connectivity index is 1.46. The van der Waals surface area contributed by atoms with Gasteiger partial charge >= 0.3 is 5.97 Å². The van der Waals surface area contributed by atoms with E-state index in [9.17, 15) is 4.79 Å². The van der Waals surface area contributed by atoms with Crippen LogP contribution in [0.1, 0.15) is 51.5 Å². The highest BCUT2D eigenvalue weighted by atomic mass is 32.1. The molecule has 3 aromatic rings. The zero-order chi connectivity index (χ0) is 26.6. The van der Waals surface area contributed by atoms with Gasteiger partial charge in [-0.2, -0.15) is 0 Å². The SMILES string of the molecule is COC(=O)c1ccc(-n2c(C)cc([C@H]3[C@H](c4ccccn4)NC(=S)N3CCCN3CCOCC3)c2C)cc1. The van der Waals surface area contributed by atoms with Crippen molar-refractivity contribution in [1.82, 2.24) is 24.7 Å². The average molecular weight is 534 g/mol. The molecule has 8 nitrogen and oxygen atoms in total. The standard InChI is InChI=1S/C29H35N5O3S/c1-20-19-24(21(2)34(20)23-10-8-22(9-11-23)28(35)36-3)27-26(25-7-4-5-12-30-25)31-29(38)33(27)14-6-13-32-15-17-37-18-16-32/h4-5,7-12,19,26-27H,6,13-18H2,1-3H3,(H,31,38)/t26-,27-/m0/s1. The molecule has 200 valence electrons. The van der Waals surface area contributed by atoms with Gasteiger partial charge in [0.1, 0.15) is 0 Å². The molecular weight excluding hydrogens is 498 g/mol. The molecular formula is C29H35N5O3S. The van der Waals surface area contributed by atoms with Gasteiger partial charge in [0.2, 0.25) is 0 Å². The van der Waals surface area contributed by atoms with Gasteiger partial charge in [-0.05, 0) is 80.5 Å². The van der Waals surface area contributed by atoms with Crippen LogP contribution in [0, 0.1) is 13.8 Å². The maximum Gasteiger partial charge on any atom is 0.337 e. The molecule has 0 radical (unpaired) electrons. The van der Waals surface area contributed by atoms with Crippen LogP contribution >= 0.6 is 12.2 Å². The molecule has 0 aliphatic carbocycles. The third kappa shape index (κ3) is 5.32. The van der Waals surface area contributed by atoms with E-state index in [1.165, 1.54) is 12.7 Å². The first kappa shape index (κ1) is 26.3. The molecule has 2 saturated heterocycles. The number of pyridine rings is 1. The highest BCUT2D eigenvalue weighted by Crippen LogP contribution is 2.41. The topological polar surface area (TPSA) is 71.9 Å². The minimum absolute atomic E-state index is 0.0105. The fourth-order valence-electron chi connectivity index (χ4n) is 5.62. The predicted molar refractivity (Wildman–Crippen MR) is 151 cm³/mol. The molecule has 5 rings (SSSR count). The van der Waals surface area contributed by atoms with E-state index in [0.29, 0.717) is 5.56 Å². The van der Waals surface area contributed by atoms with Crippen LogP contribution in [0.2, 0.25) is 0 Å². The number of esters is 1. The number of nitrogens with one attached hydrogen (secondary N) is 1. The van der Waals surface area contributed by atoms with Crippen molar-refractivity contribution in [3.8, 4) is 5.69 Å². The Bertz CT molecular complexity index is 1270. The Hall–Kier alpha value is -3.27. The molecule has 2 fully saturated rings. The van der Waals surface area contributed by atoms with Crippen LogP contribution in [0.25, 0.3) is 5.69 Å². The number of ether oxygens (including phenoxy) is 2. The Kier molecular flexibility index (Phi) is 8.06. The molecule has 2 aliphatic rings.